The first-order valence-electron chi connectivity index (χ1n) is 8.92. The highest BCUT2D eigenvalue weighted by molar-refractivity contribution is 9.10. The van der Waals surface area contributed by atoms with Crippen LogP contribution >= 0.6 is 15.9 Å². The number of halogens is 1. The molecule has 0 atom stereocenters. The molecule has 0 aliphatic heterocycles. The second kappa shape index (κ2) is 8.34. The third-order valence-electron chi connectivity index (χ3n) is 4.33. The van der Waals surface area contributed by atoms with Gasteiger partial charge in [-0.3, -0.25) is 4.79 Å². The van der Waals surface area contributed by atoms with E-state index < -0.39 is 4.92 Å². The Kier molecular flexibility index (Phi) is 5.44. The van der Waals surface area contributed by atoms with Gasteiger partial charge in [-0.2, -0.15) is 4.68 Å². The van der Waals surface area contributed by atoms with E-state index in [-0.39, 0.29) is 28.5 Å². The lowest BCUT2D eigenvalue weighted by molar-refractivity contribution is -0.390. The molecule has 4 aromatic rings. The number of amides is 1. The van der Waals surface area contributed by atoms with Crippen LogP contribution in [0.4, 0.5) is 11.5 Å². The van der Waals surface area contributed by atoms with Crippen molar-refractivity contribution in [1.29, 1.82) is 0 Å². The lowest BCUT2D eigenvalue weighted by Gasteiger charge is -2.05. The van der Waals surface area contributed by atoms with Crippen LogP contribution in [0.15, 0.2) is 81.8 Å². The first-order chi connectivity index (χ1) is 14.5. The Bertz CT molecular complexity index is 1200. The van der Waals surface area contributed by atoms with E-state index in [9.17, 15) is 14.9 Å². The first-order valence-corrected chi connectivity index (χ1v) is 9.72. The van der Waals surface area contributed by atoms with E-state index >= 15 is 0 Å². The van der Waals surface area contributed by atoms with Crippen LogP contribution in [-0.2, 0) is 6.54 Å². The zero-order valence-electron chi connectivity index (χ0n) is 15.5. The van der Waals surface area contributed by atoms with Crippen LogP contribution < -0.4 is 5.32 Å². The molecule has 9 heteroatoms. The number of nitrogens with zero attached hydrogens (tertiary/aromatic N) is 3. The van der Waals surface area contributed by atoms with E-state index in [1.807, 2.05) is 54.6 Å². The number of hydrogen-bond acceptors (Lipinski definition) is 5. The van der Waals surface area contributed by atoms with Crippen molar-refractivity contribution in [2.45, 2.75) is 6.54 Å². The molecule has 0 radical (unpaired) electrons. The maximum absolute atomic E-state index is 12.5. The Morgan fingerprint density at radius 3 is 2.43 bits per heavy atom. The fraction of sp³-hybridized carbons (Fsp3) is 0.0476. The zero-order valence-corrected chi connectivity index (χ0v) is 17.1. The van der Waals surface area contributed by atoms with Gasteiger partial charge in [0, 0.05) is 5.69 Å². The van der Waals surface area contributed by atoms with Crippen molar-refractivity contribution in [3.63, 3.8) is 0 Å². The molecule has 8 nitrogen and oxygen atoms in total. The van der Waals surface area contributed by atoms with Crippen molar-refractivity contribution in [3.8, 4) is 11.1 Å². The molecule has 4 rings (SSSR count). The lowest BCUT2D eigenvalue weighted by atomic mass is 10.1. The molecule has 2 aromatic carbocycles. The third-order valence-corrected chi connectivity index (χ3v) is 4.88. The topological polar surface area (TPSA) is 103 Å². The minimum atomic E-state index is -0.579. The second-order valence-corrected chi connectivity index (χ2v) is 7.27. The van der Waals surface area contributed by atoms with Gasteiger partial charge in [-0.15, -0.1) is 0 Å². The fourth-order valence-corrected chi connectivity index (χ4v) is 3.37. The number of carbonyl (C=O) groups is 1. The van der Waals surface area contributed by atoms with E-state index in [1.165, 1.54) is 10.9 Å². The predicted octanol–water partition coefficient (Wildman–Crippen LogP) is 5.11. The molecule has 0 saturated carbocycles. The molecule has 2 heterocycles. The number of nitro groups is 1. The van der Waals surface area contributed by atoms with Gasteiger partial charge in [-0.25, -0.2) is 0 Å². The van der Waals surface area contributed by atoms with Gasteiger partial charge in [0.05, 0.1) is 11.3 Å². The summed E-state index contributed by atoms with van der Waals surface area (Å²) < 4.78 is 7.21. The Balaban J connectivity index is 1.42. The van der Waals surface area contributed by atoms with E-state index in [0.717, 1.165) is 11.1 Å². The Morgan fingerprint density at radius 1 is 1.07 bits per heavy atom. The molecule has 0 spiro atoms. The van der Waals surface area contributed by atoms with Crippen molar-refractivity contribution in [1.82, 2.24) is 9.78 Å². The van der Waals surface area contributed by atoms with E-state index in [1.54, 1.807) is 12.1 Å². The molecule has 150 valence electrons. The molecule has 0 bridgehead atoms. The van der Waals surface area contributed by atoms with Crippen LogP contribution in [-0.4, -0.2) is 20.6 Å². The van der Waals surface area contributed by atoms with Crippen molar-refractivity contribution in [2.75, 3.05) is 5.32 Å². The van der Waals surface area contributed by atoms with E-state index in [0.29, 0.717) is 11.4 Å². The van der Waals surface area contributed by atoms with E-state index in [4.69, 9.17) is 4.42 Å². The highest BCUT2D eigenvalue weighted by Gasteiger charge is 2.20. The predicted molar refractivity (Wildman–Crippen MR) is 114 cm³/mol. The summed E-state index contributed by atoms with van der Waals surface area (Å²) in [5.41, 5.74) is 2.79. The number of aromatic nitrogens is 2. The molecule has 2 aromatic heterocycles. The summed E-state index contributed by atoms with van der Waals surface area (Å²) in [6.45, 7) is 0.158. The highest BCUT2D eigenvalue weighted by atomic mass is 79.9. The maximum Gasteiger partial charge on any atom is 0.404 e. The number of hydrogen-bond donors (Lipinski definition) is 1. The van der Waals surface area contributed by atoms with Crippen molar-refractivity contribution < 1.29 is 14.1 Å². The van der Waals surface area contributed by atoms with Gasteiger partial charge in [-0.05, 0) is 56.2 Å². The SMILES string of the molecule is O=C(Nc1ccc(-c2ccccc2)cc1)c1ccc(Cn2cc(Br)c([N+](=O)[O-])n2)o1. The Hall–Kier alpha value is -3.72. The highest BCUT2D eigenvalue weighted by Crippen LogP contribution is 2.24. The summed E-state index contributed by atoms with van der Waals surface area (Å²) >= 11 is 3.10. The quantitative estimate of drug-likeness (QED) is 0.313. The van der Waals surface area contributed by atoms with Crippen LogP contribution in [0.25, 0.3) is 11.1 Å². The maximum atomic E-state index is 12.5. The first kappa shape index (κ1) is 19.6. The van der Waals surface area contributed by atoms with Crippen molar-refractivity contribution in [2.24, 2.45) is 0 Å². The average molecular weight is 467 g/mol. The molecule has 30 heavy (non-hydrogen) atoms. The number of anilines is 1. The zero-order chi connectivity index (χ0) is 21.1. The van der Waals surface area contributed by atoms with Gasteiger partial charge in [-0.1, -0.05) is 42.5 Å². The normalized spacial score (nSPS) is 10.7. The number of nitrogens with one attached hydrogen (secondary N) is 1. The summed E-state index contributed by atoms with van der Waals surface area (Å²) in [5, 5.41) is 17.5. The largest absolute Gasteiger partial charge is 0.454 e. The molecule has 0 aliphatic carbocycles. The van der Waals surface area contributed by atoms with Crippen LogP contribution in [0.1, 0.15) is 16.3 Å². The fourth-order valence-electron chi connectivity index (χ4n) is 2.91. The average Bonchev–Trinajstić information content (AvgIpc) is 3.36. The third kappa shape index (κ3) is 4.31. The van der Waals surface area contributed by atoms with Gasteiger partial charge < -0.3 is 19.8 Å². The van der Waals surface area contributed by atoms with Gasteiger partial charge in [0.2, 0.25) is 0 Å². The number of carbonyl (C=O) groups excluding carboxylic acids is 1. The number of rotatable bonds is 6. The summed E-state index contributed by atoms with van der Waals surface area (Å²) in [6, 6.07) is 20.6. The van der Waals surface area contributed by atoms with Crippen LogP contribution in [0.5, 0.6) is 0 Å². The van der Waals surface area contributed by atoms with Crippen LogP contribution in [0.3, 0.4) is 0 Å². The smallest absolute Gasteiger partial charge is 0.404 e. The Labute approximate surface area is 179 Å². The molecule has 0 unspecified atom stereocenters. The molecular weight excluding hydrogens is 452 g/mol. The van der Waals surface area contributed by atoms with Gasteiger partial charge in [0.15, 0.2) is 5.76 Å². The molecule has 0 saturated heterocycles. The van der Waals surface area contributed by atoms with Crippen molar-refractivity contribution >= 4 is 33.3 Å². The van der Waals surface area contributed by atoms with Crippen LogP contribution in [0, 0.1) is 10.1 Å². The molecule has 1 N–H and O–H groups in total. The molecule has 0 aliphatic rings. The monoisotopic (exact) mass is 466 g/mol. The standard InChI is InChI=1S/C21H15BrN4O4/c22-18-13-25(24-20(18)26(28)29)12-17-10-11-19(30-17)21(27)23-16-8-6-15(7-9-16)14-4-2-1-3-5-14/h1-11,13H,12H2,(H,23,27). The Morgan fingerprint density at radius 2 is 1.77 bits per heavy atom. The molecule has 1 amide bonds. The van der Waals surface area contributed by atoms with E-state index in [2.05, 4.69) is 26.3 Å². The minimum absolute atomic E-state index is 0.137. The second-order valence-electron chi connectivity index (χ2n) is 6.42. The summed E-state index contributed by atoms with van der Waals surface area (Å²) in [6.07, 6.45) is 1.48. The number of benzene rings is 2. The molecule has 0 fully saturated rings. The summed E-state index contributed by atoms with van der Waals surface area (Å²) in [7, 11) is 0. The number of furan rings is 1. The minimum Gasteiger partial charge on any atom is -0.454 e. The molecular formula is C21H15BrN4O4. The van der Waals surface area contributed by atoms with Crippen molar-refractivity contribution in [3.05, 3.63) is 99.0 Å². The lowest BCUT2D eigenvalue weighted by Crippen LogP contribution is -2.10. The van der Waals surface area contributed by atoms with Gasteiger partial charge in [0.25, 0.3) is 5.91 Å². The van der Waals surface area contributed by atoms with Gasteiger partial charge in [0.1, 0.15) is 16.8 Å². The summed E-state index contributed by atoms with van der Waals surface area (Å²) in [5.74, 6) is -0.0814. The van der Waals surface area contributed by atoms with Gasteiger partial charge >= 0.3 is 5.82 Å². The van der Waals surface area contributed by atoms with Crippen LogP contribution in [0.2, 0.25) is 0 Å². The summed E-state index contributed by atoms with van der Waals surface area (Å²) in [4.78, 5) is 22.8.